The quantitative estimate of drug-likeness (QED) is 0.749. The highest BCUT2D eigenvalue weighted by atomic mass is 19.4. The second-order valence-corrected chi connectivity index (χ2v) is 3.85. The predicted molar refractivity (Wildman–Crippen MR) is 59.7 cm³/mol. The van der Waals surface area contributed by atoms with E-state index in [1.165, 1.54) is 0 Å². The Kier molecular flexibility index (Phi) is 3.52. The first-order chi connectivity index (χ1) is 8.47. The van der Waals surface area contributed by atoms with Gasteiger partial charge in [-0.1, -0.05) is 36.4 Å². The van der Waals surface area contributed by atoms with Crippen molar-refractivity contribution in [3.8, 4) is 0 Å². The number of halogens is 4. The number of ether oxygens (including phenoxy) is 1. The lowest BCUT2D eigenvalue weighted by Gasteiger charge is -2.13. The normalized spacial score (nSPS) is 13.8. The number of rotatable bonds is 3. The summed E-state index contributed by atoms with van der Waals surface area (Å²) in [5, 5.41) is 1.84. The van der Waals surface area contributed by atoms with Crippen LogP contribution in [0.3, 0.4) is 0 Å². The van der Waals surface area contributed by atoms with Gasteiger partial charge >= 0.3 is 6.18 Å². The summed E-state index contributed by atoms with van der Waals surface area (Å²) in [5.41, 5.74) is 0.501. The summed E-state index contributed by atoms with van der Waals surface area (Å²) in [6.45, 7) is -0.411. The summed E-state index contributed by atoms with van der Waals surface area (Å²) in [6, 6.07) is 12.4. The molecule has 0 fully saturated rings. The summed E-state index contributed by atoms with van der Waals surface area (Å²) in [6.07, 6.45) is -8.22. The van der Waals surface area contributed by atoms with E-state index in [9.17, 15) is 17.6 Å². The third-order valence-electron chi connectivity index (χ3n) is 2.47. The minimum Gasteiger partial charge on any atom is -0.336 e. The molecular formula is C13H10F4O. The highest BCUT2D eigenvalue weighted by Crippen LogP contribution is 2.25. The van der Waals surface area contributed by atoms with Gasteiger partial charge in [0.1, 0.15) is 0 Å². The molecule has 18 heavy (non-hydrogen) atoms. The molecule has 0 amide bonds. The van der Waals surface area contributed by atoms with Crippen LogP contribution in [0.2, 0.25) is 0 Å². The highest BCUT2D eigenvalue weighted by molar-refractivity contribution is 5.82. The number of hydrogen-bond donors (Lipinski definition) is 0. The number of benzene rings is 2. The Balaban J connectivity index is 2.08. The van der Waals surface area contributed by atoms with Crippen LogP contribution in [0.5, 0.6) is 0 Å². The third kappa shape index (κ3) is 2.98. The standard InChI is InChI=1S/C13H10F4O/c14-12(13(15,16)17)18-8-9-5-6-10-3-1-2-4-11(10)7-9/h1-7,12H,8H2. The van der Waals surface area contributed by atoms with Crippen LogP contribution in [0.1, 0.15) is 5.56 Å². The Labute approximate surface area is 101 Å². The molecular weight excluding hydrogens is 248 g/mol. The fraction of sp³-hybridized carbons (Fsp3) is 0.231. The van der Waals surface area contributed by atoms with Gasteiger partial charge in [-0.3, -0.25) is 0 Å². The Morgan fingerprint density at radius 3 is 2.33 bits per heavy atom. The first kappa shape index (κ1) is 12.8. The summed E-state index contributed by atoms with van der Waals surface area (Å²) >= 11 is 0. The zero-order chi connectivity index (χ0) is 13.2. The van der Waals surface area contributed by atoms with Gasteiger partial charge in [0.2, 0.25) is 0 Å². The average molecular weight is 258 g/mol. The van der Waals surface area contributed by atoms with Crippen LogP contribution in [0.4, 0.5) is 17.6 Å². The average Bonchev–Trinajstić information content (AvgIpc) is 2.34. The molecule has 0 bridgehead atoms. The lowest BCUT2D eigenvalue weighted by Crippen LogP contribution is -2.26. The molecule has 0 aliphatic rings. The van der Waals surface area contributed by atoms with E-state index >= 15 is 0 Å². The second-order valence-electron chi connectivity index (χ2n) is 3.85. The summed E-state index contributed by atoms with van der Waals surface area (Å²) in [7, 11) is 0. The van der Waals surface area contributed by atoms with Crippen molar-refractivity contribution in [3.05, 3.63) is 48.0 Å². The lowest BCUT2D eigenvalue weighted by atomic mass is 10.1. The molecule has 0 aliphatic carbocycles. The SMILES string of the molecule is FC(OCc1ccc2ccccc2c1)C(F)(F)F. The van der Waals surface area contributed by atoms with Gasteiger partial charge in [0.05, 0.1) is 6.61 Å². The monoisotopic (exact) mass is 258 g/mol. The number of alkyl halides is 4. The van der Waals surface area contributed by atoms with Crippen molar-refractivity contribution in [2.24, 2.45) is 0 Å². The summed E-state index contributed by atoms with van der Waals surface area (Å²) in [4.78, 5) is 0. The summed E-state index contributed by atoms with van der Waals surface area (Å²) in [5.74, 6) is 0. The first-order valence-electron chi connectivity index (χ1n) is 5.27. The maximum atomic E-state index is 12.6. The molecule has 0 aliphatic heterocycles. The van der Waals surface area contributed by atoms with Crippen LogP contribution in [-0.2, 0) is 11.3 Å². The largest absolute Gasteiger partial charge is 0.445 e. The number of hydrogen-bond acceptors (Lipinski definition) is 1. The van der Waals surface area contributed by atoms with Crippen molar-refractivity contribution in [1.82, 2.24) is 0 Å². The smallest absolute Gasteiger partial charge is 0.336 e. The van der Waals surface area contributed by atoms with E-state index < -0.39 is 19.1 Å². The topological polar surface area (TPSA) is 9.23 Å². The van der Waals surface area contributed by atoms with E-state index in [4.69, 9.17) is 0 Å². The maximum absolute atomic E-state index is 12.6. The maximum Gasteiger partial charge on any atom is 0.445 e. The Bertz CT molecular complexity index is 536. The van der Waals surface area contributed by atoms with E-state index in [0.717, 1.165) is 10.8 Å². The highest BCUT2D eigenvalue weighted by Gasteiger charge is 2.41. The van der Waals surface area contributed by atoms with Gasteiger partial charge in [-0.2, -0.15) is 13.2 Å². The molecule has 1 nitrogen and oxygen atoms in total. The second kappa shape index (κ2) is 4.94. The number of fused-ring (bicyclic) bond motifs is 1. The van der Waals surface area contributed by atoms with E-state index in [-0.39, 0.29) is 0 Å². The molecule has 0 heterocycles. The molecule has 96 valence electrons. The van der Waals surface area contributed by atoms with Gasteiger partial charge in [0, 0.05) is 0 Å². The zero-order valence-corrected chi connectivity index (χ0v) is 9.25. The van der Waals surface area contributed by atoms with Gasteiger partial charge in [-0.25, -0.2) is 4.39 Å². The molecule has 1 atom stereocenters. The molecule has 5 heteroatoms. The van der Waals surface area contributed by atoms with E-state index in [1.807, 2.05) is 24.3 Å². The predicted octanol–water partition coefficient (Wildman–Crippen LogP) is 4.21. The van der Waals surface area contributed by atoms with Gasteiger partial charge in [0.25, 0.3) is 6.36 Å². The van der Waals surface area contributed by atoms with Crippen LogP contribution in [0.15, 0.2) is 42.5 Å². The van der Waals surface area contributed by atoms with E-state index in [2.05, 4.69) is 4.74 Å². The van der Waals surface area contributed by atoms with Crippen molar-refractivity contribution >= 4 is 10.8 Å². The molecule has 2 rings (SSSR count). The third-order valence-corrected chi connectivity index (χ3v) is 2.47. The van der Waals surface area contributed by atoms with Gasteiger partial charge in [0.15, 0.2) is 0 Å². The Morgan fingerprint density at radius 1 is 1.00 bits per heavy atom. The first-order valence-corrected chi connectivity index (χ1v) is 5.27. The van der Waals surface area contributed by atoms with E-state index in [1.54, 1.807) is 18.2 Å². The minimum absolute atomic E-state index is 0.411. The molecule has 2 aromatic rings. The fourth-order valence-electron chi connectivity index (χ4n) is 1.59. The van der Waals surface area contributed by atoms with Crippen LogP contribution in [0.25, 0.3) is 10.8 Å². The van der Waals surface area contributed by atoms with Gasteiger partial charge in [-0.05, 0) is 22.4 Å². The molecule has 0 aromatic heterocycles. The lowest BCUT2D eigenvalue weighted by molar-refractivity contribution is -0.268. The molecule has 1 unspecified atom stereocenters. The van der Waals surface area contributed by atoms with Crippen molar-refractivity contribution < 1.29 is 22.3 Å². The van der Waals surface area contributed by atoms with Gasteiger partial charge in [-0.15, -0.1) is 0 Å². The summed E-state index contributed by atoms with van der Waals surface area (Å²) < 4.78 is 52.4. The van der Waals surface area contributed by atoms with Crippen LogP contribution in [0, 0.1) is 0 Å². The Hall–Kier alpha value is -1.62. The van der Waals surface area contributed by atoms with Crippen molar-refractivity contribution in [2.75, 3.05) is 0 Å². The van der Waals surface area contributed by atoms with Crippen LogP contribution < -0.4 is 0 Å². The fourth-order valence-corrected chi connectivity index (χ4v) is 1.59. The van der Waals surface area contributed by atoms with Crippen molar-refractivity contribution in [2.45, 2.75) is 19.1 Å². The molecule has 0 N–H and O–H groups in total. The Morgan fingerprint density at radius 2 is 1.67 bits per heavy atom. The molecule has 0 saturated heterocycles. The molecule has 0 saturated carbocycles. The molecule has 2 aromatic carbocycles. The van der Waals surface area contributed by atoms with Crippen molar-refractivity contribution in [3.63, 3.8) is 0 Å². The van der Waals surface area contributed by atoms with Gasteiger partial charge < -0.3 is 4.74 Å². The molecule has 0 radical (unpaired) electrons. The van der Waals surface area contributed by atoms with Crippen LogP contribution in [-0.4, -0.2) is 12.5 Å². The zero-order valence-electron chi connectivity index (χ0n) is 9.25. The van der Waals surface area contributed by atoms with Crippen LogP contribution >= 0.6 is 0 Å². The van der Waals surface area contributed by atoms with E-state index in [0.29, 0.717) is 5.56 Å². The van der Waals surface area contributed by atoms with Crippen molar-refractivity contribution in [1.29, 1.82) is 0 Å². The molecule has 0 spiro atoms. The minimum atomic E-state index is -4.98.